The van der Waals surface area contributed by atoms with Gasteiger partial charge in [0, 0.05) is 33.7 Å². The molecule has 1 fully saturated rings. The monoisotopic (exact) mass is 448 g/mol. The Labute approximate surface area is 162 Å². The topological polar surface area (TPSA) is 30.9 Å². The average molecular weight is 448 g/mol. The predicted molar refractivity (Wildman–Crippen MR) is 109 cm³/mol. The van der Waals surface area contributed by atoms with Gasteiger partial charge in [0.05, 0.1) is 0 Å². The summed E-state index contributed by atoms with van der Waals surface area (Å²) in [5.74, 6) is 1.39. The molecule has 1 N–H and O–H groups in total. The van der Waals surface area contributed by atoms with E-state index in [0.717, 1.165) is 18.1 Å². The number of halogens is 2. The van der Waals surface area contributed by atoms with Crippen LogP contribution in [0.3, 0.4) is 0 Å². The Morgan fingerprint density at radius 2 is 2.08 bits per heavy atom. The van der Waals surface area contributed by atoms with Crippen molar-refractivity contribution in [2.75, 3.05) is 40.3 Å². The average Bonchev–Trinajstić information content (AvgIpc) is 2.98. The van der Waals surface area contributed by atoms with Gasteiger partial charge in [-0.25, -0.2) is 4.39 Å². The van der Waals surface area contributed by atoms with Gasteiger partial charge in [-0.1, -0.05) is 19.1 Å². The Morgan fingerprint density at radius 1 is 1.38 bits per heavy atom. The minimum atomic E-state index is -0.197. The summed E-state index contributed by atoms with van der Waals surface area (Å²) in [6.07, 6.45) is 2.48. The molecule has 0 spiro atoms. The number of guanidine groups is 1. The third-order valence-electron chi connectivity index (χ3n) is 4.37. The van der Waals surface area contributed by atoms with Crippen molar-refractivity contribution in [2.45, 2.75) is 26.3 Å². The Hall–Kier alpha value is -0.890. The van der Waals surface area contributed by atoms with Crippen LogP contribution in [-0.4, -0.2) is 56.0 Å². The maximum atomic E-state index is 13.0. The lowest BCUT2D eigenvalue weighted by molar-refractivity contribution is 0.324. The predicted octanol–water partition coefficient (Wildman–Crippen LogP) is 3.18. The van der Waals surface area contributed by atoms with Crippen LogP contribution in [0.15, 0.2) is 29.3 Å². The molecule has 24 heavy (non-hydrogen) atoms. The fourth-order valence-corrected chi connectivity index (χ4v) is 3.16. The second-order valence-electron chi connectivity index (χ2n) is 6.37. The van der Waals surface area contributed by atoms with E-state index in [-0.39, 0.29) is 29.8 Å². The number of nitrogens with one attached hydrogen (secondary N) is 1. The lowest BCUT2D eigenvalue weighted by Gasteiger charge is -2.23. The summed E-state index contributed by atoms with van der Waals surface area (Å²) in [7, 11) is 3.82. The van der Waals surface area contributed by atoms with Crippen molar-refractivity contribution in [3.05, 3.63) is 35.6 Å². The molecule has 1 heterocycles. The van der Waals surface area contributed by atoms with Crippen molar-refractivity contribution >= 4 is 29.9 Å². The quantitative estimate of drug-likeness (QED) is 0.412. The Balaban J connectivity index is 0.00000288. The molecule has 4 nitrogen and oxygen atoms in total. The van der Waals surface area contributed by atoms with Crippen LogP contribution in [-0.2, 0) is 6.54 Å². The first-order valence-electron chi connectivity index (χ1n) is 8.51. The fourth-order valence-electron chi connectivity index (χ4n) is 3.16. The van der Waals surface area contributed by atoms with Gasteiger partial charge in [0.15, 0.2) is 5.96 Å². The molecule has 0 saturated carbocycles. The highest BCUT2D eigenvalue weighted by Gasteiger charge is 2.22. The van der Waals surface area contributed by atoms with Crippen molar-refractivity contribution in [3.63, 3.8) is 0 Å². The van der Waals surface area contributed by atoms with Crippen LogP contribution in [0, 0.1) is 11.7 Å². The van der Waals surface area contributed by atoms with Gasteiger partial charge in [-0.05, 0) is 49.5 Å². The van der Waals surface area contributed by atoms with Gasteiger partial charge in [0.25, 0.3) is 0 Å². The Morgan fingerprint density at radius 3 is 2.71 bits per heavy atom. The van der Waals surface area contributed by atoms with Crippen LogP contribution in [0.4, 0.5) is 4.39 Å². The Kier molecular flexibility index (Phi) is 9.58. The van der Waals surface area contributed by atoms with Crippen LogP contribution < -0.4 is 5.32 Å². The largest absolute Gasteiger partial charge is 0.356 e. The van der Waals surface area contributed by atoms with E-state index >= 15 is 0 Å². The van der Waals surface area contributed by atoms with E-state index in [0.29, 0.717) is 12.5 Å². The molecule has 1 saturated heterocycles. The minimum Gasteiger partial charge on any atom is -0.356 e. The van der Waals surface area contributed by atoms with Crippen molar-refractivity contribution in [3.8, 4) is 0 Å². The van der Waals surface area contributed by atoms with Crippen molar-refractivity contribution < 1.29 is 4.39 Å². The highest BCUT2D eigenvalue weighted by molar-refractivity contribution is 14.0. The molecular weight excluding hydrogens is 418 g/mol. The first-order chi connectivity index (χ1) is 11.1. The molecule has 0 aliphatic carbocycles. The number of aliphatic imine (C=N–C) groups is 1. The van der Waals surface area contributed by atoms with Crippen molar-refractivity contribution in [1.29, 1.82) is 0 Å². The van der Waals surface area contributed by atoms with Crippen molar-refractivity contribution in [1.82, 2.24) is 15.1 Å². The zero-order chi connectivity index (χ0) is 16.7. The van der Waals surface area contributed by atoms with Gasteiger partial charge in [-0.2, -0.15) is 0 Å². The molecule has 6 heteroatoms. The van der Waals surface area contributed by atoms with E-state index in [1.807, 2.05) is 26.2 Å². The fraction of sp³-hybridized carbons (Fsp3) is 0.611. The van der Waals surface area contributed by atoms with Crippen LogP contribution >= 0.6 is 24.0 Å². The van der Waals surface area contributed by atoms with Gasteiger partial charge >= 0.3 is 0 Å². The molecule has 136 valence electrons. The van der Waals surface area contributed by atoms with E-state index < -0.39 is 0 Å². The standard InChI is InChI=1S/C18H29FN4.HI/c1-4-10-23-11-9-16(14-23)12-21-18(20-2)22(3)13-15-5-7-17(19)8-6-15;/h5-8,16H,4,9-14H2,1-3H3,(H,20,21);1H. The molecule has 1 unspecified atom stereocenters. The first kappa shape index (κ1) is 21.2. The van der Waals surface area contributed by atoms with E-state index in [9.17, 15) is 4.39 Å². The van der Waals surface area contributed by atoms with Gasteiger partial charge in [-0.3, -0.25) is 4.99 Å². The second kappa shape index (κ2) is 10.9. The van der Waals surface area contributed by atoms with Crippen LogP contribution in [0.5, 0.6) is 0 Å². The van der Waals surface area contributed by atoms with Crippen LogP contribution in [0.25, 0.3) is 0 Å². The molecular formula is C18H30FIN4. The third kappa shape index (κ3) is 6.55. The summed E-state index contributed by atoms with van der Waals surface area (Å²) in [5.41, 5.74) is 1.08. The highest BCUT2D eigenvalue weighted by Crippen LogP contribution is 2.15. The summed E-state index contributed by atoms with van der Waals surface area (Å²) in [6, 6.07) is 6.64. The van der Waals surface area contributed by atoms with Crippen molar-refractivity contribution in [2.24, 2.45) is 10.9 Å². The molecule has 2 rings (SSSR count). The van der Waals surface area contributed by atoms with Crippen LogP contribution in [0.1, 0.15) is 25.3 Å². The first-order valence-corrected chi connectivity index (χ1v) is 8.51. The molecule has 0 bridgehead atoms. The number of hydrogen-bond donors (Lipinski definition) is 1. The van der Waals surface area contributed by atoms with E-state index in [2.05, 4.69) is 27.0 Å². The molecule has 0 aromatic heterocycles. The second-order valence-corrected chi connectivity index (χ2v) is 6.37. The lowest BCUT2D eigenvalue weighted by Crippen LogP contribution is -2.41. The molecule has 1 aromatic rings. The minimum absolute atomic E-state index is 0. The van der Waals surface area contributed by atoms with E-state index in [1.54, 1.807) is 0 Å². The lowest BCUT2D eigenvalue weighted by atomic mass is 10.1. The Bertz CT molecular complexity index is 506. The third-order valence-corrected chi connectivity index (χ3v) is 4.37. The zero-order valence-electron chi connectivity index (χ0n) is 15.0. The smallest absolute Gasteiger partial charge is 0.193 e. The number of hydrogen-bond acceptors (Lipinski definition) is 2. The van der Waals surface area contributed by atoms with E-state index in [1.165, 1.54) is 44.6 Å². The van der Waals surface area contributed by atoms with Gasteiger partial charge < -0.3 is 15.1 Å². The summed E-state index contributed by atoms with van der Waals surface area (Å²) < 4.78 is 13.0. The maximum Gasteiger partial charge on any atom is 0.193 e. The maximum absolute atomic E-state index is 13.0. The number of likely N-dealkylation sites (tertiary alicyclic amines) is 1. The summed E-state index contributed by atoms with van der Waals surface area (Å²) in [5, 5.41) is 3.48. The molecule has 1 aromatic carbocycles. The molecule has 1 atom stereocenters. The van der Waals surface area contributed by atoms with Gasteiger partial charge in [0.1, 0.15) is 5.82 Å². The van der Waals surface area contributed by atoms with E-state index in [4.69, 9.17) is 0 Å². The number of rotatable bonds is 6. The SMILES string of the molecule is CCCN1CCC(CNC(=NC)N(C)Cc2ccc(F)cc2)C1.I. The normalized spacial score (nSPS) is 18.3. The number of nitrogens with zero attached hydrogens (tertiary/aromatic N) is 3. The molecule has 0 radical (unpaired) electrons. The van der Waals surface area contributed by atoms with Gasteiger partial charge in [0.2, 0.25) is 0 Å². The van der Waals surface area contributed by atoms with Gasteiger partial charge in [-0.15, -0.1) is 24.0 Å². The molecule has 1 aliphatic rings. The zero-order valence-corrected chi connectivity index (χ0v) is 17.3. The summed E-state index contributed by atoms with van der Waals surface area (Å²) in [6.45, 7) is 7.50. The summed E-state index contributed by atoms with van der Waals surface area (Å²) in [4.78, 5) is 8.98. The highest BCUT2D eigenvalue weighted by atomic mass is 127. The molecule has 1 aliphatic heterocycles. The van der Waals surface area contributed by atoms with Crippen LogP contribution in [0.2, 0.25) is 0 Å². The summed E-state index contributed by atoms with van der Waals surface area (Å²) >= 11 is 0. The number of benzene rings is 1. The molecule has 0 amide bonds.